The van der Waals surface area contributed by atoms with E-state index in [1.54, 1.807) is 12.1 Å². The van der Waals surface area contributed by atoms with Gasteiger partial charge in [-0.1, -0.05) is 25.7 Å². The summed E-state index contributed by atoms with van der Waals surface area (Å²) < 4.78 is 13.9. The van der Waals surface area contributed by atoms with Crippen LogP contribution in [0.3, 0.4) is 0 Å². The van der Waals surface area contributed by atoms with E-state index < -0.39 is 0 Å². The van der Waals surface area contributed by atoms with E-state index in [0.29, 0.717) is 10.2 Å². The van der Waals surface area contributed by atoms with Gasteiger partial charge in [0, 0.05) is 11.6 Å². The van der Waals surface area contributed by atoms with Gasteiger partial charge in [-0.05, 0) is 65.2 Å². The standard InChI is InChI=1S/C17H21BrFNO/c18-15-8-7-14(10-16(15)19)20-17(21)13-6-5-11-3-1-2-4-12(11)9-13/h7-8,10-13H,1-6,9H2,(H,20,21). The Balaban J connectivity index is 1.61. The fourth-order valence-corrected chi connectivity index (χ4v) is 4.18. The summed E-state index contributed by atoms with van der Waals surface area (Å²) in [5.41, 5.74) is 0.548. The zero-order chi connectivity index (χ0) is 14.8. The van der Waals surface area contributed by atoms with Crippen molar-refractivity contribution in [3.05, 3.63) is 28.5 Å². The van der Waals surface area contributed by atoms with E-state index in [4.69, 9.17) is 0 Å². The van der Waals surface area contributed by atoms with Crippen molar-refractivity contribution in [3.63, 3.8) is 0 Å². The highest BCUT2D eigenvalue weighted by Crippen LogP contribution is 2.42. The number of nitrogens with one attached hydrogen (secondary N) is 1. The molecular weight excluding hydrogens is 333 g/mol. The molecule has 1 amide bonds. The Bertz CT molecular complexity index is 534. The molecule has 0 spiro atoms. The number of hydrogen-bond donors (Lipinski definition) is 1. The van der Waals surface area contributed by atoms with Crippen LogP contribution in [0.2, 0.25) is 0 Å². The second-order valence-electron chi connectivity index (χ2n) is 6.43. The van der Waals surface area contributed by atoms with E-state index in [1.165, 1.54) is 38.2 Å². The van der Waals surface area contributed by atoms with E-state index >= 15 is 0 Å². The molecule has 1 N–H and O–H groups in total. The van der Waals surface area contributed by atoms with Gasteiger partial charge in [-0.2, -0.15) is 0 Å². The van der Waals surface area contributed by atoms with Crippen LogP contribution in [-0.2, 0) is 4.79 Å². The highest BCUT2D eigenvalue weighted by molar-refractivity contribution is 9.10. The van der Waals surface area contributed by atoms with Crippen LogP contribution in [0.5, 0.6) is 0 Å². The lowest BCUT2D eigenvalue weighted by molar-refractivity contribution is -0.122. The predicted octanol–water partition coefficient (Wildman–Crippen LogP) is 5.13. The molecule has 2 fully saturated rings. The molecule has 2 saturated carbocycles. The number of halogens is 2. The molecule has 0 radical (unpaired) electrons. The second kappa shape index (κ2) is 6.47. The van der Waals surface area contributed by atoms with E-state index in [1.807, 2.05) is 0 Å². The van der Waals surface area contributed by atoms with Crippen molar-refractivity contribution in [2.24, 2.45) is 17.8 Å². The molecule has 2 aliphatic carbocycles. The van der Waals surface area contributed by atoms with E-state index in [-0.39, 0.29) is 17.6 Å². The normalized spacial score (nSPS) is 28.8. The van der Waals surface area contributed by atoms with Crippen LogP contribution in [0, 0.1) is 23.6 Å². The zero-order valence-electron chi connectivity index (χ0n) is 12.1. The van der Waals surface area contributed by atoms with Gasteiger partial charge in [0.1, 0.15) is 5.82 Å². The molecule has 4 heteroatoms. The molecule has 114 valence electrons. The number of fused-ring (bicyclic) bond motifs is 1. The zero-order valence-corrected chi connectivity index (χ0v) is 13.7. The maximum Gasteiger partial charge on any atom is 0.227 e. The molecule has 21 heavy (non-hydrogen) atoms. The Morgan fingerprint density at radius 1 is 1.14 bits per heavy atom. The summed E-state index contributed by atoms with van der Waals surface area (Å²) in [5.74, 6) is 1.37. The Morgan fingerprint density at radius 2 is 1.90 bits per heavy atom. The quantitative estimate of drug-likeness (QED) is 0.783. The SMILES string of the molecule is O=C(Nc1ccc(Br)c(F)c1)C1CCC2CCCCC2C1. The molecule has 0 heterocycles. The molecule has 3 rings (SSSR count). The van der Waals surface area contributed by atoms with E-state index in [0.717, 1.165) is 24.7 Å². The van der Waals surface area contributed by atoms with Crippen LogP contribution in [-0.4, -0.2) is 5.91 Å². The van der Waals surface area contributed by atoms with Crippen molar-refractivity contribution in [1.29, 1.82) is 0 Å². The topological polar surface area (TPSA) is 29.1 Å². The van der Waals surface area contributed by atoms with Crippen LogP contribution >= 0.6 is 15.9 Å². The van der Waals surface area contributed by atoms with Crippen molar-refractivity contribution >= 4 is 27.5 Å². The second-order valence-corrected chi connectivity index (χ2v) is 7.29. The summed E-state index contributed by atoms with van der Waals surface area (Å²) in [6, 6.07) is 4.73. The van der Waals surface area contributed by atoms with Gasteiger partial charge in [0.15, 0.2) is 0 Å². The molecule has 0 saturated heterocycles. The monoisotopic (exact) mass is 353 g/mol. The summed E-state index contributed by atoms with van der Waals surface area (Å²) in [5, 5.41) is 2.88. The lowest BCUT2D eigenvalue weighted by atomic mass is 9.67. The molecule has 2 aliphatic rings. The Hall–Kier alpha value is -0.900. The van der Waals surface area contributed by atoms with Crippen LogP contribution in [0.1, 0.15) is 44.9 Å². The molecule has 2 nitrogen and oxygen atoms in total. The van der Waals surface area contributed by atoms with Crippen molar-refractivity contribution in [2.45, 2.75) is 44.9 Å². The van der Waals surface area contributed by atoms with Crippen molar-refractivity contribution in [3.8, 4) is 0 Å². The summed E-state index contributed by atoms with van der Waals surface area (Å²) in [4.78, 5) is 12.4. The average Bonchev–Trinajstić information content (AvgIpc) is 2.50. The third-order valence-electron chi connectivity index (χ3n) is 5.10. The van der Waals surface area contributed by atoms with Gasteiger partial charge in [-0.15, -0.1) is 0 Å². The van der Waals surface area contributed by atoms with Gasteiger partial charge in [-0.3, -0.25) is 4.79 Å². The molecule has 3 atom stereocenters. The third-order valence-corrected chi connectivity index (χ3v) is 5.74. The minimum Gasteiger partial charge on any atom is -0.326 e. The molecule has 0 aliphatic heterocycles. The highest BCUT2D eigenvalue weighted by atomic mass is 79.9. The first-order chi connectivity index (χ1) is 10.1. The first-order valence-corrected chi connectivity index (χ1v) is 8.68. The van der Waals surface area contributed by atoms with Crippen LogP contribution < -0.4 is 5.32 Å². The minimum absolute atomic E-state index is 0.0562. The van der Waals surface area contributed by atoms with Gasteiger partial charge >= 0.3 is 0 Å². The molecule has 1 aromatic carbocycles. The number of carbonyl (C=O) groups is 1. The third kappa shape index (κ3) is 3.47. The van der Waals surface area contributed by atoms with Crippen molar-refractivity contribution in [2.75, 3.05) is 5.32 Å². The lowest BCUT2D eigenvalue weighted by Gasteiger charge is -2.38. The van der Waals surface area contributed by atoms with Crippen LogP contribution in [0.4, 0.5) is 10.1 Å². The van der Waals surface area contributed by atoms with Gasteiger partial charge < -0.3 is 5.32 Å². The van der Waals surface area contributed by atoms with Gasteiger partial charge in [0.05, 0.1) is 4.47 Å². The first kappa shape index (κ1) is 15.0. The van der Waals surface area contributed by atoms with Gasteiger partial charge in [0.2, 0.25) is 5.91 Å². The maximum absolute atomic E-state index is 13.5. The molecule has 0 aromatic heterocycles. The average molecular weight is 354 g/mol. The largest absolute Gasteiger partial charge is 0.326 e. The number of amides is 1. The smallest absolute Gasteiger partial charge is 0.227 e. The first-order valence-electron chi connectivity index (χ1n) is 7.89. The number of benzene rings is 1. The number of hydrogen-bond acceptors (Lipinski definition) is 1. The van der Waals surface area contributed by atoms with Crippen LogP contribution in [0.25, 0.3) is 0 Å². The fourth-order valence-electron chi connectivity index (χ4n) is 3.93. The molecule has 0 bridgehead atoms. The Kier molecular flexibility index (Phi) is 4.63. The van der Waals surface area contributed by atoms with Crippen molar-refractivity contribution in [1.82, 2.24) is 0 Å². The summed E-state index contributed by atoms with van der Waals surface area (Å²) in [6.45, 7) is 0. The minimum atomic E-state index is -0.344. The van der Waals surface area contributed by atoms with Gasteiger partial charge in [-0.25, -0.2) is 4.39 Å². The Labute approximate surface area is 133 Å². The van der Waals surface area contributed by atoms with Gasteiger partial charge in [0.25, 0.3) is 0 Å². The van der Waals surface area contributed by atoms with E-state index in [9.17, 15) is 9.18 Å². The van der Waals surface area contributed by atoms with Crippen molar-refractivity contribution < 1.29 is 9.18 Å². The molecular formula is C17H21BrFNO. The lowest BCUT2D eigenvalue weighted by Crippen LogP contribution is -2.33. The predicted molar refractivity (Wildman–Crippen MR) is 85.5 cm³/mol. The van der Waals surface area contributed by atoms with Crippen LogP contribution in [0.15, 0.2) is 22.7 Å². The summed E-state index contributed by atoms with van der Waals surface area (Å²) >= 11 is 3.12. The number of anilines is 1. The molecule has 1 aromatic rings. The highest BCUT2D eigenvalue weighted by Gasteiger charge is 2.34. The number of carbonyl (C=O) groups excluding carboxylic acids is 1. The van der Waals surface area contributed by atoms with E-state index in [2.05, 4.69) is 21.2 Å². The Morgan fingerprint density at radius 3 is 2.67 bits per heavy atom. The summed E-state index contributed by atoms with van der Waals surface area (Å²) in [6.07, 6.45) is 8.46. The maximum atomic E-state index is 13.5. The molecule has 3 unspecified atom stereocenters. The number of rotatable bonds is 2. The fraction of sp³-hybridized carbons (Fsp3) is 0.588. The summed E-state index contributed by atoms with van der Waals surface area (Å²) in [7, 11) is 0.